The molecule has 22 heavy (non-hydrogen) atoms. The van der Waals surface area contributed by atoms with Gasteiger partial charge in [0.15, 0.2) is 5.65 Å². The minimum Gasteiger partial charge on any atom is -0.378 e. The van der Waals surface area contributed by atoms with E-state index in [1.165, 1.54) is 0 Å². The maximum atomic E-state index is 5.44. The largest absolute Gasteiger partial charge is 0.378 e. The molecule has 6 nitrogen and oxygen atoms in total. The van der Waals surface area contributed by atoms with E-state index in [1.807, 2.05) is 19.2 Å². The molecule has 0 bridgehead atoms. The van der Waals surface area contributed by atoms with Crippen LogP contribution in [0.5, 0.6) is 0 Å². The zero-order chi connectivity index (χ0) is 15.5. The van der Waals surface area contributed by atoms with Crippen molar-refractivity contribution < 1.29 is 4.74 Å². The summed E-state index contributed by atoms with van der Waals surface area (Å²) in [5.41, 5.74) is 4.38. The second kappa shape index (κ2) is 6.11. The molecule has 0 radical (unpaired) electrons. The minimum atomic E-state index is 0.724. The highest BCUT2D eigenvalue weighted by Gasteiger charge is 2.18. The summed E-state index contributed by atoms with van der Waals surface area (Å²) in [6.07, 6.45) is 5.37. The number of morpholine rings is 1. The fourth-order valence-electron chi connectivity index (χ4n) is 2.59. The van der Waals surface area contributed by atoms with E-state index in [4.69, 9.17) is 4.74 Å². The van der Waals surface area contributed by atoms with Crippen molar-refractivity contribution in [1.82, 2.24) is 14.6 Å². The molecule has 2 aromatic heterocycles. The number of nitrogens with zero attached hydrogens (tertiary/aromatic N) is 5. The van der Waals surface area contributed by atoms with E-state index in [2.05, 4.69) is 33.3 Å². The normalized spacial score (nSPS) is 16.5. The molecule has 0 amide bonds. The van der Waals surface area contributed by atoms with Gasteiger partial charge in [-0.15, -0.1) is 0 Å². The van der Waals surface area contributed by atoms with Crippen molar-refractivity contribution in [3.63, 3.8) is 0 Å². The summed E-state index contributed by atoms with van der Waals surface area (Å²) in [4.78, 5) is 10.7. The van der Waals surface area contributed by atoms with Crippen LogP contribution < -0.4 is 4.90 Å². The van der Waals surface area contributed by atoms with Gasteiger partial charge in [-0.3, -0.25) is 4.99 Å². The summed E-state index contributed by atoms with van der Waals surface area (Å²) in [6.45, 7) is 12.5. The number of ether oxygens (including phenoxy) is 1. The van der Waals surface area contributed by atoms with Crippen molar-refractivity contribution in [3.05, 3.63) is 42.5 Å². The molecular weight excluding hydrogens is 278 g/mol. The number of rotatable bonds is 4. The van der Waals surface area contributed by atoms with Crippen LogP contribution in [0, 0.1) is 0 Å². The molecule has 0 aromatic carbocycles. The zero-order valence-electron chi connectivity index (χ0n) is 12.7. The smallest absolute Gasteiger partial charge is 0.177 e. The lowest BCUT2D eigenvalue weighted by atomic mass is 10.1. The number of anilines is 1. The van der Waals surface area contributed by atoms with Crippen LogP contribution in [0.3, 0.4) is 0 Å². The maximum absolute atomic E-state index is 5.44. The first-order valence-electron chi connectivity index (χ1n) is 7.22. The number of aromatic nitrogens is 3. The quantitative estimate of drug-likeness (QED) is 0.641. The van der Waals surface area contributed by atoms with E-state index < -0.39 is 0 Å². The first kappa shape index (κ1) is 14.5. The van der Waals surface area contributed by atoms with E-state index in [0.717, 1.165) is 54.6 Å². The topological polar surface area (TPSA) is 55.0 Å². The predicted molar refractivity (Wildman–Crippen MR) is 88.4 cm³/mol. The van der Waals surface area contributed by atoms with Gasteiger partial charge in [0.05, 0.1) is 24.6 Å². The molecule has 0 unspecified atom stereocenters. The Labute approximate surface area is 129 Å². The summed E-state index contributed by atoms with van der Waals surface area (Å²) in [5.74, 6) is 0. The highest BCUT2D eigenvalue weighted by atomic mass is 16.5. The Kier molecular flexibility index (Phi) is 4.02. The van der Waals surface area contributed by atoms with Crippen LogP contribution in [-0.2, 0) is 4.74 Å². The van der Waals surface area contributed by atoms with E-state index in [1.54, 1.807) is 16.8 Å². The molecule has 0 saturated carbocycles. The Morgan fingerprint density at radius 3 is 2.86 bits per heavy atom. The molecule has 1 aliphatic rings. The Balaban J connectivity index is 2.16. The van der Waals surface area contributed by atoms with Crippen molar-refractivity contribution >= 4 is 23.6 Å². The average molecular weight is 297 g/mol. The number of aliphatic imine (C=N–C) groups is 1. The number of allylic oxidation sites excluding steroid dienone is 3. The van der Waals surface area contributed by atoms with E-state index in [9.17, 15) is 0 Å². The highest BCUT2D eigenvalue weighted by molar-refractivity contribution is 5.79. The summed E-state index contributed by atoms with van der Waals surface area (Å²) < 4.78 is 7.23. The fourth-order valence-corrected chi connectivity index (χ4v) is 2.59. The second-order valence-electron chi connectivity index (χ2n) is 5.07. The van der Waals surface area contributed by atoms with Crippen molar-refractivity contribution in [2.75, 3.05) is 31.2 Å². The Morgan fingerprint density at radius 1 is 1.41 bits per heavy atom. The van der Waals surface area contributed by atoms with Crippen molar-refractivity contribution in [3.8, 4) is 0 Å². The maximum Gasteiger partial charge on any atom is 0.177 e. The lowest BCUT2D eigenvalue weighted by Crippen LogP contribution is -2.36. The van der Waals surface area contributed by atoms with Gasteiger partial charge in [0.25, 0.3) is 0 Å². The fraction of sp³-hybridized carbons (Fsp3) is 0.312. The zero-order valence-corrected chi connectivity index (χ0v) is 12.7. The van der Waals surface area contributed by atoms with Crippen molar-refractivity contribution in [2.45, 2.75) is 6.92 Å². The lowest BCUT2D eigenvalue weighted by Gasteiger charge is -2.29. The summed E-state index contributed by atoms with van der Waals surface area (Å²) in [5, 5.41) is 4.61. The summed E-state index contributed by atoms with van der Waals surface area (Å²) >= 11 is 0. The van der Waals surface area contributed by atoms with E-state index in [-0.39, 0.29) is 0 Å². The molecule has 3 rings (SSSR count). The Hall–Kier alpha value is -2.47. The standard InChI is InChI=1S/C16H19N5O/c1-4-13(12(2)17-3)14-11-15(20-7-9-22-10-8-20)16-18-5-6-21(16)19-14/h4-6,11H,1,3,7-10H2,2H3. The molecule has 2 aromatic rings. The number of fused-ring (bicyclic) bond motifs is 1. The average Bonchev–Trinajstić information content (AvgIpc) is 3.04. The molecule has 0 atom stereocenters. The summed E-state index contributed by atoms with van der Waals surface area (Å²) in [7, 11) is 0. The SMILES string of the molecule is C=CC(=C(C)N=C)c1cc(N2CCOCC2)c2nccn2n1. The Bertz CT molecular complexity index is 740. The third-order valence-electron chi connectivity index (χ3n) is 3.80. The van der Waals surface area contributed by atoms with Gasteiger partial charge in [-0.2, -0.15) is 5.10 Å². The van der Waals surface area contributed by atoms with Crippen LogP contribution in [0.15, 0.2) is 41.8 Å². The van der Waals surface area contributed by atoms with Crippen LogP contribution in [0.25, 0.3) is 11.2 Å². The number of imidazole rings is 1. The number of hydrogen-bond donors (Lipinski definition) is 0. The van der Waals surface area contributed by atoms with E-state index >= 15 is 0 Å². The summed E-state index contributed by atoms with van der Waals surface area (Å²) in [6, 6.07) is 2.04. The van der Waals surface area contributed by atoms with Crippen LogP contribution in [0.2, 0.25) is 0 Å². The van der Waals surface area contributed by atoms with Crippen LogP contribution in [0.1, 0.15) is 12.6 Å². The van der Waals surface area contributed by atoms with Crippen LogP contribution >= 0.6 is 0 Å². The lowest BCUT2D eigenvalue weighted by molar-refractivity contribution is 0.123. The highest BCUT2D eigenvalue weighted by Crippen LogP contribution is 2.27. The third kappa shape index (κ3) is 2.53. The molecule has 6 heteroatoms. The molecule has 0 spiro atoms. The minimum absolute atomic E-state index is 0.724. The van der Waals surface area contributed by atoms with Gasteiger partial charge >= 0.3 is 0 Å². The van der Waals surface area contributed by atoms with Gasteiger partial charge < -0.3 is 9.64 Å². The van der Waals surface area contributed by atoms with E-state index in [0.29, 0.717) is 0 Å². The van der Waals surface area contributed by atoms with Crippen LogP contribution in [-0.4, -0.2) is 47.6 Å². The van der Waals surface area contributed by atoms with Crippen LogP contribution in [0.4, 0.5) is 5.69 Å². The van der Waals surface area contributed by atoms with Gasteiger partial charge in [0.2, 0.25) is 0 Å². The number of hydrogen-bond acceptors (Lipinski definition) is 5. The monoisotopic (exact) mass is 297 g/mol. The Morgan fingerprint density at radius 2 is 2.18 bits per heavy atom. The molecule has 3 heterocycles. The predicted octanol–water partition coefficient (Wildman–Crippen LogP) is 2.18. The van der Waals surface area contributed by atoms with Gasteiger partial charge in [0, 0.05) is 36.8 Å². The second-order valence-corrected chi connectivity index (χ2v) is 5.07. The van der Waals surface area contributed by atoms with Gasteiger partial charge in [-0.1, -0.05) is 12.7 Å². The first-order valence-corrected chi connectivity index (χ1v) is 7.22. The van der Waals surface area contributed by atoms with Crippen molar-refractivity contribution in [2.24, 2.45) is 4.99 Å². The van der Waals surface area contributed by atoms with Gasteiger partial charge in [-0.05, 0) is 19.7 Å². The molecular formula is C16H19N5O. The van der Waals surface area contributed by atoms with Gasteiger partial charge in [-0.25, -0.2) is 9.50 Å². The van der Waals surface area contributed by atoms with Crippen molar-refractivity contribution in [1.29, 1.82) is 0 Å². The molecule has 1 saturated heterocycles. The molecule has 114 valence electrons. The molecule has 0 aliphatic carbocycles. The molecule has 1 aliphatic heterocycles. The molecule has 0 N–H and O–H groups in total. The first-order chi connectivity index (χ1) is 10.7. The van der Waals surface area contributed by atoms with Gasteiger partial charge in [0.1, 0.15) is 0 Å². The third-order valence-corrected chi connectivity index (χ3v) is 3.80. The molecule has 1 fully saturated rings.